The summed E-state index contributed by atoms with van der Waals surface area (Å²) in [5, 5.41) is 8.42. The molecule has 0 amide bonds. The molecule has 0 radical (unpaired) electrons. The molecule has 0 saturated carbocycles. The second kappa shape index (κ2) is 9.64. The smallest absolute Gasteiger partial charge is 0.135 e. The largest absolute Gasteiger partial charge is 0.456 e. The highest BCUT2D eigenvalue weighted by atomic mass is 16.3. The van der Waals surface area contributed by atoms with Crippen LogP contribution in [-0.4, -0.2) is 4.57 Å². The number of nitrogens with one attached hydrogen (secondary N) is 1. The van der Waals surface area contributed by atoms with Gasteiger partial charge in [0.25, 0.3) is 0 Å². The fourth-order valence-electron chi connectivity index (χ4n) is 6.27. The van der Waals surface area contributed by atoms with Gasteiger partial charge in [0, 0.05) is 38.6 Å². The molecule has 43 heavy (non-hydrogen) atoms. The van der Waals surface area contributed by atoms with Crippen molar-refractivity contribution < 1.29 is 4.42 Å². The van der Waals surface area contributed by atoms with Gasteiger partial charge < -0.3 is 14.3 Å². The van der Waals surface area contributed by atoms with Gasteiger partial charge in [-0.1, -0.05) is 81.4 Å². The van der Waals surface area contributed by atoms with Crippen LogP contribution in [0.4, 0.5) is 11.4 Å². The monoisotopic (exact) mass is 556 g/mol. The summed E-state index contributed by atoms with van der Waals surface area (Å²) in [7, 11) is 0. The van der Waals surface area contributed by atoms with E-state index in [9.17, 15) is 0 Å². The molecule has 8 rings (SSSR count). The van der Waals surface area contributed by atoms with Crippen LogP contribution in [-0.2, 0) is 5.41 Å². The highest BCUT2D eigenvalue weighted by molar-refractivity contribution is 6.11. The van der Waals surface area contributed by atoms with Gasteiger partial charge in [-0.15, -0.1) is 0 Å². The van der Waals surface area contributed by atoms with E-state index in [-0.39, 0.29) is 5.41 Å². The fourth-order valence-corrected chi connectivity index (χ4v) is 6.27. The van der Waals surface area contributed by atoms with Crippen LogP contribution in [0.2, 0.25) is 0 Å². The molecule has 0 aliphatic rings. The summed E-state index contributed by atoms with van der Waals surface area (Å²) in [5.41, 5.74) is 11.3. The van der Waals surface area contributed by atoms with Crippen LogP contribution in [0.1, 0.15) is 26.3 Å². The molecule has 2 heterocycles. The highest BCUT2D eigenvalue weighted by Crippen LogP contribution is 2.38. The number of benzene rings is 6. The Labute approximate surface area is 251 Å². The normalized spacial score (nSPS) is 12.1. The van der Waals surface area contributed by atoms with Gasteiger partial charge >= 0.3 is 0 Å². The van der Waals surface area contributed by atoms with E-state index in [1.165, 1.54) is 44.2 Å². The van der Waals surface area contributed by atoms with Crippen molar-refractivity contribution in [1.82, 2.24) is 4.57 Å². The predicted molar refractivity (Wildman–Crippen MR) is 182 cm³/mol. The van der Waals surface area contributed by atoms with Gasteiger partial charge in [0.15, 0.2) is 0 Å². The highest BCUT2D eigenvalue weighted by Gasteiger charge is 2.18. The molecule has 3 heteroatoms. The van der Waals surface area contributed by atoms with Crippen molar-refractivity contribution in [3.05, 3.63) is 139 Å². The zero-order valence-electron chi connectivity index (χ0n) is 24.6. The summed E-state index contributed by atoms with van der Waals surface area (Å²) in [4.78, 5) is 0. The molecule has 2 aromatic heterocycles. The van der Waals surface area contributed by atoms with Gasteiger partial charge in [-0.25, -0.2) is 0 Å². The van der Waals surface area contributed by atoms with E-state index in [1.54, 1.807) is 0 Å². The number of hydrogen-bond donors (Lipinski definition) is 1. The average Bonchev–Trinajstić information content (AvgIpc) is 3.56. The first kappa shape index (κ1) is 25.4. The van der Waals surface area contributed by atoms with Gasteiger partial charge in [0.05, 0.1) is 11.0 Å². The molecule has 6 aromatic carbocycles. The molecule has 3 nitrogen and oxygen atoms in total. The van der Waals surface area contributed by atoms with E-state index in [1.807, 2.05) is 18.2 Å². The van der Waals surface area contributed by atoms with Gasteiger partial charge in [0.2, 0.25) is 0 Å². The van der Waals surface area contributed by atoms with Crippen LogP contribution < -0.4 is 5.32 Å². The minimum absolute atomic E-state index is 0.0682. The van der Waals surface area contributed by atoms with Gasteiger partial charge in [-0.3, -0.25) is 0 Å². The molecule has 8 aromatic rings. The number of aromatic nitrogens is 1. The number of nitrogens with zero attached hydrogens (tertiary/aromatic N) is 1. The van der Waals surface area contributed by atoms with Crippen molar-refractivity contribution in [3.63, 3.8) is 0 Å². The summed E-state index contributed by atoms with van der Waals surface area (Å²) in [6.45, 7) is 6.84. The Morgan fingerprint density at radius 3 is 2.05 bits per heavy atom. The van der Waals surface area contributed by atoms with E-state index in [0.29, 0.717) is 0 Å². The van der Waals surface area contributed by atoms with Crippen LogP contribution in [0.5, 0.6) is 0 Å². The van der Waals surface area contributed by atoms with Crippen molar-refractivity contribution in [2.75, 3.05) is 5.32 Å². The maximum Gasteiger partial charge on any atom is 0.135 e. The first-order valence-corrected chi connectivity index (χ1v) is 14.9. The number of hydrogen-bond acceptors (Lipinski definition) is 2. The van der Waals surface area contributed by atoms with Crippen LogP contribution in [0.25, 0.3) is 60.6 Å². The number of furan rings is 1. The molecule has 0 atom stereocenters. The topological polar surface area (TPSA) is 30.1 Å². The Hall–Kier alpha value is -5.28. The lowest BCUT2D eigenvalue weighted by Crippen LogP contribution is -2.10. The van der Waals surface area contributed by atoms with E-state index >= 15 is 0 Å². The van der Waals surface area contributed by atoms with Crippen molar-refractivity contribution in [3.8, 4) is 16.8 Å². The summed E-state index contributed by atoms with van der Waals surface area (Å²) >= 11 is 0. The van der Waals surface area contributed by atoms with Crippen LogP contribution in [0, 0.1) is 0 Å². The second-order valence-corrected chi connectivity index (χ2v) is 12.4. The van der Waals surface area contributed by atoms with Crippen LogP contribution >= 0.6 is 0 Å². The lowest BCUT2D eigenvalue weighted by atomic mass is 9.86. The van der Waals surface area contributed by atoms with Gasteiger partial charge in [0.1, 0.15) is 11.2 Å². The predicted octanol–water partition coefficient (Wildman–Crippen LogP) is 11.4. The zero-order valence-corrected chi connectivity index (χ0v) is 24.6. The molecule has 0 saturated heterocycles. The third-order valence-electron chi connectivity index (χ3n) is 8.51. The van der Waals surface area contributed by atoms with Gasteiger partial charge in [-0.2, -0.15) is 0 Å². The number of anilines is 2. The zero-order chi connectivity index (χ0) is 29.1. The Balaban J connectivity index is 1.22. The van der Waals surface area contributed by atoms with Crippen molar-refractivity contribution in [1.29, 1.82) is 0 Å². The molecule has 0 unspecified atom stereocenters. The average molecular weight is 557 g/mol. The summed E-state index contributed by atoms with van der Waals surface area (Å²) < 4.78 is 8.41. The number of fused-ring (bicyclic) bond motifs is 6. The van der Waals surface area contributed by atoms with E-state index in [0.717, 1.165) is 33.3 Å². The Bertz CT molecular complexity index is 2300. The first-order valence-electron chi connectivity index (χ1n) is 14.9. The quantitative estimate of drug-likeness (QED) is 0.234. The Morgan fingerprint density at radius 1 is 0.512 bits per heavy atom. The third kappa shape index (κ3) is 4.36. The molecule has 0 bridgehead atoms. The minimum atomic E-state index is 0.0682. The molecule has 1 N–H and O–H groups in total. The fraction of sp³-hybridized carbons (Fsp3) is 0.100. The second-order valence-electron chi connectivity index (χ2n) is 12.4. The molecular weight excluding hydrogens is 524 g/mol. The SMILES string of the molecule is CC(C)(C)c1ccc2c(c1)c1cc(-c3cccc(Nc4ccc5oc6ccccc6c5c4)c3)ccc1n2-c1ccccc1. The lowest BCUT2D eigenvalue weighted by molar-refractivity contribution is 0.591. The number of para-hydroxylation sites is 2. The Morgan fingerprint density at radius 2 is 1.21 bits per heavy atom. The maximum absolute atomic E-state index is 6.03. The molecule has 0 aliphatic heterocycles. The van der Waals surface area contributed by atoms with Crippen LogP contribution in [0.3, 0.4) is 0 Å². The minimum Gasteiger partial charge on any atom is -0.456 e. The lowest BCUT2D eigenvalue weighted by Gasteiger charge is -2.19. The number of rotatable bonds is 4. The summed E-state index contributed by atoms with van der Waals surface area (Å²) in [5.74, 6) is 0. The van der Waals surface area contributed by atoms with Gasteiger partial charge in [-0.05, 0) is 94.9 Å². The molecule has 0 aliphatic carbocycles. The Kier molecular flexibility index (Phi) is 5.70. The molecule has 0 spiro atoms. The van der Waals surface area contributed by atoms with E-state index in [4.69, 9.17) is 4.42 Å². The molecule has 0 fully saturated rings. The van der Waals surface area contributed by atoms with E-state index in [2.05, 4.69) is 146 Å². The standard InChI is InChI=1S/C40H32N2O/c1-40(2,3)28-17-20-37-34(24-28)33-23-27(16-19-36(33)42(37)31-12-5-4-6-13-31)26-10-9-11-29(22-26)41-30-18-21-39-35(25-30)32-14-7-8-15-38(32)43-39/h4-25,41H,1-3H3. The molecular formula is C40H32N2O. The van der Waals surface area contributed by atoms with Crippen molar-refractivity contribution >= 4 is 55.1 Å². The van der Waals surface area contributed by atoms with E-state index < -0.39 is 0 Å². The van der Waals surface area contributed by atoms with Crippen molar-refractivity contribution in [2.45, 2.75) is 26.2 Å². The third-order valence-corrected chi connectivity index (χ3v) is 8.51. The molecule has 208 valence electrons. The summed E-state index contributed by atoms with van der Waals surface area (Å²) in [6, 6.07) is 47.6. The maximum atomic E-state index is 6.03. The van der Waals surface area contributed by atoms with Crippen LogP contribution in [0.15, 0.2) is 138 Å². The summed E-state index contributed by atoms with van der Waals surface area (Å²) in [6.07, 6.45) is 0. The first-order chi connectivity index (χ1) is 20.9. The van der Waals surface area contributed by atoms with Crippen molar-refractivity contribution in [2.24, 2.45) is 0 Å².